The third kappa shape index (κ3) is 3.58. The summed E-state index contributed by atoms with van der Waals surface area (Å²) in [5.74, 6) is 0.991. The van der Waals surface area contributed by atoms with Crippen LogP contribution < -0.4 is 0 Å². The highest BCUT2D eigenvalue weighted by molar-refractivity contribution is 9.10. The summed E-state index contributed by atoms with van der Waals surface area (Å²) in [7, 11) is 0. The summed E-state index contributed by atoms with van der Waals surface area (Å²) < 4.78 is 1.06. The highest BCUT2D eigenvalue weighted by Crippen LogP contribution is 2.29. The van der Waals surface area contributed by atoms with Gasteiger partial charge in [-0.2, -0.15) is 0 Å². The third-order valence-corrected chi connectivity index (χ3v) is 4.45. The third-order valence-electron chi connectivity index (χ3n) is 2.41. The van der Waals surface area contributed by atoms with Crippen LogP contribution in [-0.4, -0.2) is 4.98 Å². The molecule has 1 nitrogen and oxygen atoms in total. The van der Waals surface area contributed by atoms with Crippen molar-refractivity contribution in [2.24, 2.45) is 0 Å². The van der Waals surface area contributed by atoms with E-state index in [9.17, 15) is 0 Å². The van der Waals surface area contributed by atoms with Gasteiger partial charge in [0.2, 0.25) is 0 Å². The number of halogens is 1. The van der Waals surface area contributed by atoms with E-state index in [2.05, 4.69) is 53.0 Å². The van der Waals surface area contributed by atoms with E-state index in [0.29, 0.717) is 0 Å². The van der Waals surface area contributed by atoms with Gasteiger partial charge in [-0.25, -0.2) is 0 Å². The lowest BCUT2D eigenvalue weighted by molar-refractivity contribution is 1.22. The highest BCUT2D eigenvalue weighted by atomic mass is 79.9. The highest BCUT2D eigenvalue weighted by Gasteiger charge is 2.01. The number of pyridine rings is 1. The normalized spacial score (nSPS) is 10.5. The average Bonchev–Trinajstić information content (AvgIpc) is 2.27. The monoisotopic (exact) mass is 307 g/mol. The molecule has 1 aromatic carbocycles. The lowest BCUT2D eigenvalue weighted by Gasteiger charge is -2.06. The lowest BCUT2D eigenvalue weighted by Crippen LogP contribution is -1.86. The van der Waals surface area contributed by atoms with Crippen LogP contribution in [-0.2, 0) is 5.75 Å². The smallest absolute Gasteiger partial charge is 0.0494 e. The number of nitrogens with zero attached hydrogens (tertiary/aromatic N) is 1. The first-order chi connectivity index (χ1) is 8.15. The van der Waals surface area contributed by atoms with Gasteiger partial charge in [-0.3, -0.25) is 4.98 Å². The Labute approximate surface area is 115 Å². The molecule has 0 aliphatic carbocycles. The van der Waals surface area contributed by atoms with Crippen LogP contribution in [0.25, 0.3) is 0 Å². The first-order valence-electron chi connectivity index (χ1n) is 5.44. The molecule has 1 heterocycles. The zero-order chi connectivity index (χ0) is 12.3. The van der Waals surface area contributed by atoms with Crippen LogP contribution in [0.2, 0.25) is 0 Å². The van der Waals surface area contributed by atoms with Crippen LogP contribution >= 0.6 is 27.7 Å². The van der Waals surface area contributed by atoms with Crippen molar-refractivity contribution >= 4 is 27.7 Å². The van der Waals surface area contributed by atoms with Crippen LogP contribution in [0.3, 0.4) is 0 Å². The zero-order valence-corrected chi connectivity index (χ0v) is 12.3. The fraction of sp³-hybridized carbons (Fsp3) is 0.214. The van der Waals surface area contributed by atoms with Crippen molar-refractivity contribution in [3.63, 3.8) is 0 Å². The summed E-state index contributed by atoms with van der Waals surface area (Å²) in [5.41, 5.74) is 4.03. The Balaban J connectivity index is 2.10. The number of hydrogen-bond acceptors (Lipinski definition) is 2. The van der Waals surface area contributed by atoms with Crippen molar-refractivity contribution in [1.82, 2.24) is 4.98 Å². The maximum Gasteiger partial charge on any atom is 0.0494 e. The van der Waals surface area contributed by atoms with Gasteiger partial charge in [0, 0.05) is 27.5 Å². The number of benzene rings is 1. The first kappa shape index (κ1) is 12.7. The van der Waals surface area contributed by atoms with Gasteiger partial charge in [0.05, 0.1) is 0 Å². The molecule has 17 heavy (non-hydrogen) atoms. The number of hydrogen-bond donors (Lipinski definition) is 0. The van der Waals surface area contributed by atoms with Gasteiger partial charge in [-0.15, -0.1) is 11.8 Å². The average molecular weight is 308 g/mol. The van der Waals surface area contributed by atoms with Crippen LogP contribution in [0.5, 0.6) is 0 Å². The lowest BCUT2D eigenvalue weighted by atomic mass is 10.1. The molecule has 0 radical (unpaired) electrons. The molecule has 0 spiro atoms. The first-order valence-corrected chi connectivity index (χ1v) is 7.22. The Hall–Kier alpha value is -0.800. The molecule has 0 bridgehead atoms. The molecule has 0 unspecified atom stereocenters. The molecule has 2 aromatic rings. The topological polar surface area (TPSA) is 12.9 Å². The van der Waals surface area contributed by atoms with Gasteiger partial charge in [-0.05, 0) is 41.4 Å². The van der Waals surface area contributed by atoms with Gasteiger partial charge < -0.3 is 0 Å². The van der Waals surface area contributed by atoms with Crippen molar-refractivity contribution in [2.45, 2.75) is 24.5 Å². The van der Waals surface area contributed by atoms with Crippen molar-refractivity contribution < 1.29 is 0 Å². The Morgan fingerprint density at radius 2 is 1.88 bits per heavy atom. The minimum atomic E-state index is 0.991. The van der Waals surface area contributed by atoms with Gasteiger partial charge >= 0.3 is 0 Å². The summed E-state index contributed by atoms with van der Waals surface area (Å²) in [6.45, 7) is 4.28. The van der Waals surface area contributed by atoms with Crippen LogP contribution in [0.4, 0.5) is 0 Å². The Morgan fingerprint density at radius 3 is 2.53 bits per heavy atom. The molecule has 0 saturated carbocycles. The summed E-state index contributed by atoms with van der Waals surface area (Å²) in [4.78, 5) is 5.30. The molecule has 0 N–H and O–H groups in total. The van der Waals surface area contributed by atoms with E-state index in [-0.39, 0.29) is 0 Å². The molecule has 3 heteroatoms. The van der Waals surface area contributed by atoms with Crippen molar-refractivity contribution in [3.05, 3.63) is 57.8 Å². The molecule has 88 valence electrons. The zero-order valence-electron chi connectivity index (χ0n) is 9.90. The minimum Gasteiger partial charge on any atom is -0.263 e. The van der Waals surface area contributed by atoms with Crippen LogP contribution in [0.15, 0.2) is 46.0 Å². The van der Waals surface area contributed by atoms with E-state index in [0.717, 1.165) is 10.2 Å². The molecular weight excluding hydrogens is 294 g/mol. The van der Waals surface area contributed by atoms with Crippen LogP contribution in [0.1, 0.15) is 16.7 Å². The van der Waals surface area contributed by atoms with E-state index >= 15 is 0 Å². The molecule has 0 aliphatic heterocycles. The SMILES string of the molecule is Cc1cc(C)cc(CSc2ccncc2Br)c1. The van der Waals surface area contributed by atoms with E-state index in [4.69, 9.17) is 0 Å². The summed E-state index contributed by atoms with van der Waals surface area (Å²) >= 11 is 5.35. The second kappa shape index (κ2) is 5.69. The van der Waals surface area contributed by atoms with Gasteiger partial charge in [0.1, 0.15) is 0 Å². The second-order valence-corrected chi connectivity index (χ2v) is 5.96. The van der Waals surface area contributed by atoms with E-state index < -0.39 is 0 Å². The van der Waals surface area contributed by atoms with Crippen LogP contribution in [0, 0.1) is 13.8 Å². The summed E-state index contributed by atoms with van der Waals surface area (Å²) in [6.07, 6.45) is 3.67. The number of rotatable bonds is 3. The Bertz CT molecular complexity index is 505. The van der Waals surface area contributed by atoms with E-state index in [1.807, 2.05) is 30.2 Å². The van der Waals surface area contributed by atoms with Crippen molar-refractivity contribution in [2.75, 3.05) is 0 Å². The van der Waals surface area contributed by atoms with Crippen molar-refractivity contribution in [1.29, 1.82) is 0 Å². The molecule has 2 rings (SSSR count). The van der Waals surface area contributed by atoms with Gasteiger partial charge in [0.15, 0.2) is 0 Å². The summed E-state index contributed by atoms with van der Waals surface area (Å²) in [6, 6.07) is 8.73. The molecule has 0 fully saturated rings. The summed E-state index contributed by atoms with van der Waals surface area (Å²) in [5, 5.41) is 0. The minimum absolute atomic E-state index is 0.991. The fourth-order valence-electron chi connectivity index (χ4n) is 1.79. The predicted molar refractivity (Wildman–Crippen MR) is 77.4 cm³/mol. The molecule has 0 saturated heterocycles. The van der Waals surface area contributed by atoms with Gasteiger partial charge in [0.25, 0.3) is 0 Å². The van der Waals surface area contributed by atoms with E-state index in [1.165, 1.54) is 21.6 Å². The number of aryl methyl sites for hydroxylation is 2. The molecule has 0 atom stereocenters. The molecule has 0 aliphatic rings. The second-order valence-electron chi connectivity index (χ2n) is 4.09. The quantitative estimate of drug-likeness (QED) is 0.759. The predicted octanol–water partition coefficient (Wildman–Crippen LogP) is 4.75. The standard InChI is InChI=1S/C14H14BrNS/c1-10-5-11(2)7-12(6-10)9-17-14-3-4-16-8-13(14)15/h3-8H,9H2,1-2H3. The molecule has 0 amide bonds. The Kier molecular flexibility index (Phi) is 4.24. The van der Waals surface area contributed by atoms with E-state index in [1.54, 1.807) is 0 Å². The Morgan fingerprint density at radius 1 is 1.18 bits per heavy atom. The van der Waals surface area contributed by atoms with Gasteiger partial charge in [-0.1, -0.05) is 29.3 Å². The number of thioether (sulfide) groups is 1. The fourth-order valence-corrected chi connectivity index (χ4v) is 3.22. The maximum absolute atomic E-state index is 4.07. The number of aromatic nitrogens is 1. The molecule has 1 aromatic heterocycles. The van der Waals surface area contributed by atoms with Crippen molar-refractivity contribution in [3.8, 4) is 0 Å². The maximum atomic E-state index is 4.07. The molecular formula is C14H14BrNS. The largest absolute Gasteiger partial charge is 0.263 e.